The summed E-state index contributed by atoms with van der Waals surface area (Å²) in [6, 6.07) is 0. The number of aliphatic hydroxyl groups is 5. The number of nitrogens with one attached hydrogen (secondary N) is 3. The minimum absolute atomic E-state index is 0.199. The van der Waals surface area contributed by atoms with E-state index in [1.807, 2.05) is 4.98 Å². The van der Waals surface area contributed by atoms with Crippen LogP contribution in [0.4, 0.5) is 11.5 Å². The molecule has 0 saturated carbocycles. The van der Waals surface area contributed by atoms with E-state index in [1.165, 1.54) is 6.92 Å². The number of anilines is 1. The second-order valence-corrected chi connectivity index (χ2v) is 7.12. The molecular formula is C13H23N4O11P. The van der Waals surface area contributed by atoms with E-state index >= 15 is 0 Å². The number of rotatable bonds is 11. The molecule has 4 atom stereocenters. The van der Waals surface area contributed by atoms with Crippen LogP contribution < -0.4 is 16.6 Å². The van der Waals surface area contributed by atoms with Gasteiger partial charge in [-0.05, 0) is 6.92 Å². The summed E-state index contributed by atoms with van der Waals surface area (Å²) in [5.41, 5.74) is -2.59. The van der Waals surface area contributed by atoms with Gasteiger partial charge in [-0.25, -0.2) is 14.4 Å². The highest BCUT2D eigenvalue weighted by molar-refractivity contribution is 7.46. The van der Waals surface area contributed by atoms with Crippen LogP contribution in [0.3, 0.4) is 0 Å². The maximum absolute atomic E-state index is 12.0. The highest BCUT2D eigenvalue weighted by Gasteiger charge is 2.24. The minimum Gasteiger partial charge on any atom is -0.394 e. The summed E-state index contributed by atoms with van der Waals surface area (Å²) in [5.74, 6) is -0.314. The summed E-state index contributed by atoms with van der Waals surface area (Å²) in [7, 11) is -4.84. The smallest absolute Gasteiger partial charge is 0.394 e. The molecule has 0 spiro atoms. The van der Waals surface area contributed by atoms with Gasteiger partial charge in [0.25, 0.3) is 5.56 Å². The molecule has 0 saturated heterocycles. The lowest BCUT2D eigenvalue weighted by molar-refractivity contribution is -0.0715. The summed E-state index contributed by atoms with van der Waals surface area (Å²) in [6.07, 6.45) is -6.58. The second-order valence-electron chi connectivity index (χ2n) is 5.88. The Morgan fingerprint density at radius 1 is 1.17 bits per heavy atom. The van der Waals surface area contributed by atoms with Crippen LogP contribution >= 0.6 is 7.82 Å². The van der Waals surface area contributed by atoms with Crippen molar-refractivity contribution in [3.63, 3.8) is 0 Å². The van der Waals surface area contributed by atoms with Gasteiger partial charge in [0.1, 0.15) is 24.1 Å². The highest BCUT2D eigenvalue weighted by atomic mass is 31.2. The van der Waals surface area contributed by atoms with Crippen molar-refractivity contribution in [1.29, 1.82) is 0 Å². The third-order valence-corrected chi connectivity index (χ3v) is 4.04. The number of aliphatic hydroxyl groups excluding tert-OH is 5. The quantitative estimate of drug-likeness (QED) is 0.117. The number of hydrogen-bond donors (Lipinski definition) is 10. The first kappa shape index (κ1) is 25.1. The number of aromatic nitrogens is 2. The predicted octanol–water partition coefficient (Wildman–Crippen LogP) is -3.89. The second kappa shape index (κ2) is 10.7. The van der Waals surface area contributed by atoms with Gasteiger partial charge in [-0.2, -0.15) is 0 Å². The Balaban J connectivity index is 3.05. The fraction of sp³-hybridized carbons (Fsp3) is 0.615. The van der Waals surface area contributed by atoms with E-state index in [9.17, 15) is 34.6 Å². The van der Waals surface area contributed by atoms with Crippen molar-refractivity contribution >= 4 is 25.0 Å². The molecule has 0 fully saturated rings. The molecule has 1 aromatic rings. The van der Waals surface area contributed by atoms with Crippen molar-refractivity contribution in [2.75, 3.05) is 25.1 Å². The maximum atomic E-state index is 12.0. The molecule has 0 amide bonds. The van der Waals surface area contributed by atoms with Crippen LogP contribution in [-0.4, -0.2) is 95.2 Å². The van der Waals surface area contributed by atoms with E-state index in [0.717, 1.165) is 0 Å². The Morgan fingerprint density at radius 2 is 1.79 bits per heavy atom. The number of phosphoric ester groups is 1. The predicted molar refractivity (Wildman–Crippen MR) is 98.1 cm³/mol. The van der Waals surface area contributed by atoms with Crippen molar-refractivity contribution in [3.8, 4) is 0 Å². The van der Waals surface area contributed by atoms with Gasteiger partial charge in [-0.3, -0.25) is 19.3 Å². The van der Waals surface area contributed by atoms with E-state index in [-0.39, 0.29) is 11.5 Å². The fourth-order valence-electron chi connectivity index (χ4n) is 1.95. The monoisotopic (exact) mass is 442 g/mol. The molecule has 0 bridgehead atoms. The normalized spacial score (nSPS) is 16.9. The van der Waals surface area contributed by atoms with Crippen molar-refractivity contribution in [1.82, 2.24) is 9.97 Å². The van der Waals surface area contributed by atoms with Crippen molar-refractivity contribution < 1.29 is 44.4 Å². The van der Waals surface area contributed by atoms with Crippen molar-refractivity contribution in [3.05, 3.63) is 20.8 Å². The van der Waals surface area contributed by atoms with E-state index in [2.05, 4.69) is 19.8 Å². The fourth-order valence-corrected chi connectivity index (χ4v) is 2.28. The van der Waals surface area contributed by atoms with Crippen molar-refractivity contribution in [2.24, 2.45) is 4.99 Å². The first-order chi connectivity index (χ1) is 13.4. The summed E-state index contributed by atoms with van der Waals surface area (Å²) < 4.78 is 14.8. The Morgan fingerprint density at radius 3 is 2.34 bits per heavy atom. The van der Waals surface area contributed by atoms with E-state index < -0.39 is 68.9 Å². The zero-order valence-electron chi connectivity index (χ0n) is 15.1. The van der Waals surface area contributed by atoms with Crippen LogP contribution in [0.5, 0.6) is 0 Å². The molecular weight excluding hydrogens is 419 g/mol. The third-order valence-electron chi connectivity index (χ3n) is 3.55. The average molecular weight is 442 g/mol. The largest absolute Gasteiger partial charge is 0.469 e. The summed E-state index contributed by atoms with van der Waals surface area (Å²) in [4.78, 5) is 48.6. The Labute approximate surface area is 162 Å². The van der Waals surface area contributed by atoms with Crippen molar-refractivity contribution in [2.45, 2.75) is 31.3 Å². The molecule has 166 valence electrons. The number of phosphoric acid groups is 1. The van der Waals surface area contributed by atoms with Gasteiger partial charge in [0, 0.05) is 12.3 Å². The number of aliphatic imine (C=N–C) groups is 1. The van der Waals surface area contributed by atoms with E-state index in [0.29, 0.717) is 0 Å². The zero-order chi connectivity index (χ0) is 22.4. The highest BCUT2D eigenvalue weighted by Crippen LogP contribution is 2.35. The molecule has 0 radical (unpaired) electrons. The van der Waals surface area contributed by atoms with Gasteiger partial charge in [-0.1, -0.05) is 0 Å². The molecule has 16 heteroatoms. The minimum atomic E-state index is -4.84. The number of H-pyrrole nitrogens is 2. The molecule has 10 N–H and O–H groups in total. The van der Waals surface area contributed by atoms with Crippen LogP contribution in [0.25, 0.3) is 0 Å². The average Bonchev–Trinajstić information content (AvgIpc) is 2.64. The molecule has 1 rings (SSSR count). The van der Waals surface area contributed by atoms with Crippen LogP contribution in [0.1, 0.15) is 6.92 Å². The lowest BCUT2D eigenvalue weighted by Crippen LogP contribution is -2.43. The first-order valence-electron chi connectivity index (χ1n) is 8.04. The van der Waals surface area contributed by atoms with Gasteiger partial charge in [0.15, 0.2) is 5.69 Å². The zero-order valence-corrected chi connectivity index (χ0v) is 16.0. The molecule has 15 nitrogen and oxygen atoms in total. The van der Waals surface area contributed by atoms with Crippen LogP contribution in [0.2, 0.25) is 0 Å². The summed E-state index contributed by atoms with van der Waals surface area (Å²) >= 11 is 0. The van der Waals surface area contributed by atoms with E-state index in [4.69, 9.17) is 14.9 Å². The van der Waals surface area contributed by atoms with Gasteiger partial charge in [0.05, 0.1) is 19.3 Å². The maximum Gasteiger partial charge on any atom is 0.469 e. The van der Waals surface area contributed by atoms with Crippen LogP contribution in [0, 0.1) is 0 Å². The molecule has 0 aromatic carbocycles. The van der Waals surface area contributed by atoms with Crippen LogP contribution in [0.15, 0.2) is 14.6 Å². The lowest BCUT2D eigenvalue weighted by atomic mass is 10.1. The molecule has 0 aliphatic carbocycles. The molecule has 0 aliphatic heterocycles. The molecule has 0 unspecified atom stereocenters. The summed E-state index contributed by atoms with van der Waals surface area (Å²) in [6.45, 7) is -0.905. The Bertz CT molecular complexity index is 863. The Kier molecular flexibility index (Phi) is 9.28. The van der Waals surface area contributed by atoms with Gasteiger partial charge in [-0.15, -0.1) is 0 Å². The number of hydrogen-bond acceptors (Lipinski definition) is 11. The summed E-state index contributed by atoms with van der Waals surface area (Å²) in [5, 5.41) is 49.7. The molecule has 1 heterocycles. The number of aromatic amines is 2. The van der Waals surface area contributed by atoms with E-state index in [1.54, 1.807) is 0 Å². The molecule has 0 aliphatic rings. The molecule has 1 aromatic heterocycles. The third kappa shape index (κ3) is 8.14. The van der Waals surface area contributed by atoms with Crippen LogP contribution in [-0.2, 0) is 9.09 Å². The van der Waals surface area contributed by atoms with Gasteiger partial charge < -0.3 is 40.6 Å². The SMILES string of the molecule is CC(=Nc1c(NC[C@H](O)[C@H](O)[C@H](O)CO)[nH]c(=O)[nH]c1=O)[C@@H](O)COP(=O)(O)O. The van der Waals surface area contributed by atoms with Gasteiger partial charge >= 0.3 is 13.5 Å². The standard InChI is InChI=1S/C13H23N4O11P/c1-5(8(21)4-28-29(25,26)27)15-9-11(16-13(24)17-12(9)23)14-2-6(19)10(22)7(20)3-18/h6-8,10,18-22H,2-4H2,1H3,(H2,25,26,27)(H3,14,16,17,23,24)/t6-,7+,8-,10-/m0/s1. The Hall–Kier alpha value is -1.94. The first-order valence-corrected chi connectivity index (χ1v) is 9.57. The molecule has 29 heavy (non-hydrogen) atoms. The number of nitrogens with zero attached hydrogens (tertiary/aromatic N) is 1. The topological polar surface area (TPSA) is 258 Å². The lowest BCUT2D eigenvalue weighted by Gasteiger charge is -2.22. The van der Waals surface area contributed by atoms with Gasteiger partial charge in [0.2, 0.25) is 0 Å².